The van der Waals surface area contributed by atoms with E-state index in [0.29, 0.717) is 37.5 Å². The lowest BCUT2D eigenvalue weighted by molar-refractivity contribution is 0.100. The SMILES string of the molecule is Cn1ncc(Cl)c1-c1c(Cl)sc(C(N)=O)c1C(CN)Cc1cccc(F)c1. The molecule has 9 heteroatoms. The second kappa shape index (κ2) is 7.98. The number of amides is 1. The van der Waals surface area contributed by atoms with Crippen molar-refractivity contribution >= 4 is 40.4 Å². The number of carbonyl (C=O) groups is 1. The van der Waals surface area contributed by atoms with Crippen molar-refractivity contribution in [2.24, 2.45) is 18.5 Å². The molecule has 142 valence electrons. The second-order valence-corrected chi connectivity index (χ2v) is 8.12. The fourth-order valence-electron chi connectivity index (χ4n) is 3.15. The van der Waals surface area contributed by atoms with Gasteiger partial charge in [-0.1, -0.05) is 35.3 Å². The minimum atomic E-state index is -0.598. The first-order chi connectivity index (χ1) is 12.8. The van der Waals surface area contributed by atoms with Crippen LogP contribution >= 0.6 is 34.5 Å². The van der Waals surface area contributed by atoms with Gasteiger partial charge in [0.25, 0.3) is 5.91 Å². The molecular formula is C18H17Cl2FN4OS. The molecule has 3 rings (SSSR count). The van der Waals surface area contributed by atoms with Crippen LogP contribution in [0.1, 0.15) is 26.7 Å². The molecule has 0 bridgehead atoms. The van der Waals surface area contributed by atoms with E-state index in [1.807, 2.05) is 0 Å². The second-order valence-electron chi connectivity index (χ2n) is 6.09. The van der Waals surface area contributed by atoms with Gasteiger partial charge < -0.3 is 11.5 Å². The summed E-state index contributed by atoms with van der Waals surface area (Å²) in [6.07, 6.45) is 1.92. The van der Waals surface area contributed by atoms with E-state index in [-0.39, 0.29) is 18.3 Å². The van der Waals surface area contributed by atoms with Crippen LogP contribution in [-0.4, -0.2) is 22.2 Å². The normalized spacial score (nSPS) is 12.3. The molecule has 2 heterocycles. The molecule has 0 saturated heterocycles. The lowest BCUT2D eigenvalue weighted by atomic mass is 9.88. The summed E-state index contributed by atoms with van der Waals surface area (Å²) in [7, 11) is 1.73. The van der Waals surface area contributed by atoms with Crippen molar-refractivity contribution in [3.05, 3.63) is 61.6 Å². The Kier molecular flexibility index (Phi) is 5.86. The molecule has 1 unspecified atom stereocenters. The summed E-state index contributed by atoms with van der Waals surface area (Å²) >= 11 is 13.9. The maximum Gasteiger partial charge on any atom is 0.259 e. The predicted molar refractivity (Wildman–Crippen MR) is 107 cm³/mol. The lowest BCUT2D eigenvalue weighted by Crippen LogP contribution is -2.20. The van der Waals surface area contributed by atoms with Crippen LogP contribution in [0.15, 0.2) is 30.5 Å². The molecule has 0 aliphatic heterocycles. The Hall–Kier alpha value is -1.93. The summed E-state index contributed by atoms with van der Waals surface area (Å²) < 4.78 is 15.6. The topological polar surface area (TPSA) is 86.9 Å². The zero-order valence-corrected chi connectivity index (χ0v) is 16.7. The van der Waals surface area contributed by atoms with E-state index >= 15 is 0 Å². The van der Waals surface area contributed by atoms with Gasteiger partial charge in [0.2, 0.25) is 0 Å². The molecule has 0 fully saturated rings. The van der Waals surface area contributed by atoms with Gasteiger partial charge in [-0.3, -0.25) is 9.48 Å². The van der Waals surface area contributed by atoms with Gasteiger partial charge in [-0.15, -0.1) is 11.3 Å². The van der Waals surface area contributed by atoms with E-state index in [1.54, 1.807) is 23.9 Å². The van der Waals surface area contributed by atoms with Gasteiger partial charge in [-0.05, 0) is 36.2 Å². The van der Waals surface area contributed by atoms with Gasteiger partial charge in [0.05, 0.1) is 21.8 Å². The molecule has 0 aliphatic rings. The van der Waals surface area contributed by atoms with Crippen LogP contribution in [-0.2, 0) is 13.5 Å². The Morgan fingerprint density at radius 3 is 2.70 bits per heavy atom. The molecule has 3 aromatic rings. The molecule has 1 aromatic carbocycles. The first-order valence-corrected chi connectivity index (χ1v) is 9.65. The van der Waals surface area contributed by atoms with Crippen molar-refractivity contribution in [3.8, 4) is 11.3 Å². The van der Waals surface area contributed by atoms with Crippen molar-refractivity contribution in [3.63, 3.8) is 0 Å². The largest absolute Gasteiger partial charge is 0.365 e. The predicted octanol–water partition coefficient (Wildman–Crippen LogP) is 3.98. The number of hydrogen-bond donors (Lipinski definition) is 2. The van der Waals surface area contributed by atoms with Crippen molar-refractivity contribution in [2.45, 2.75) is 12.3 Å². The number of hydrogen-bond acceptors (Lipinski definition) is 4. The fraction of sp³-hybridized carbons (Fsp3) is 0.222. The number of rotatable bonds is 6. The van der Waals surface area contributed by atoms with Crippen LogP contribution in [0.2, 0.25) is 9.36 Å². The highest BCUT2D eigenvalue weighted by molar-refractivity contribution is 7.18. The Bertz CT molecular complexity index is 982. The molecule has 5 nitrogen and oxygen atoms in total. The Labute approximate surface area is 169 Å². The maximum absolute atomic E-state index is 13.6. The minimum absolute atomic E-state index is 0.215. The zero-order valence-electron chi connectivity index (χ0n) is 14.4. The summed E-state index contributed by atoms with van der Waals surface area (Å²) in [5, 5.41) is 4.54. The highest BCUT2D eigenvalue weighted by atomic mass is 35.5. The van der Waals surface area contributed by atoms with Crippen LogP contribution in [0.4, 0.5) is 4.39 Å². The van der Waals surface area contributed by atoms with E-state index in [2.05, 4.69) is 5.10 Å². The number of primary amides is 1. The number of benzene rings is 1. The van der Waals surface area contributed by atoms with Crippen molar-refractivity contribution in [1.82, 2.24) is 9.78 Å². The highest BCUT2D eigenvalue weighted by Crippen LogP contribution is 2.46. The average Bonchev–Trinajstić information content (AvgIpc) is 3.12. The van der Waals surface area contributed by atoms with Crippen molar-refractivity contribution in [2.75, 3.05) is 6.54 Å². The molecule has 4 N–H and O–H groups in total. The zero-order chi connectivity index (χ0) is 19.7. The van der Waals surface area contributed by atoms with Crippen LogP contribution in [0.5, 0.6) is 0 Å². The fourth-order valence-corrected chi connectivity index (χ4v) is 4.80. The molecule has 0 spiro atoms. The lowest BCUT2D eigenvalue weighted by Gasteiger charge is -2.18. The van der Waals surface area contributed by atoms with Crippen LogP contribution in [0, 0.1) is 5.82 Å². The molecule has 2 aromatic heterocycles. The summed E-state index contributed by atoms with van der Waals surface area (Å²) in [4.78, 5) is 12.4. The Morgan fingerprint density at radius 1 is 1.41 bits per heavy atom. The van der Waals surface area contributed by atoms with Crippen molar-refractivity contribution < 1.29 is 9.18 Å². The third-order valence-corrected chi connectivity index (χ3v) is 6.03. The number of thiophene rings is 1. The number of carbonyl (C=O) groups excluding carboxylic acids is 1. The maximum atomic E-state index is 13.6. The van der Waals surface area contributed by atoms with Gasteiger partial charge in [0.15, 0.2) is 0 Å². The van der Waals surface area contributed by atoms with Gasteiger partial charge in [0.1, 0.15) is 10.2 Å². The molecule has 0 aliphatic carbocycles. The minimum Gasteiger partial charge on any atom is -0.365 e. The molecule has 0 saturated carbocycles. The average molecular weight is 427 g/mol. The first-order valence-electron chi connectivity index (χ1n) is 8.07. The Balaban J connectivity index is 2.18. The number of nitrogens with two attached hydrogens (primary N) is 2. The third kappa shape index (κ3) is 3.87. The standard InChI is InChI=1S/C18H17Cl2FN4OS/c1-25-15(12(19)8-24-25)14-13(16(18(23)26)27-17(14)20)10(7-22)5-9-3-2-4-11(21)6-9/h2-4,6,8,10H,5,7,22H2,1H3,(H2,23,26). The summed E-state index contributed by atoms with van der Waals surface area (Å²) in [5.74, 6) is -1.24. The number of halogens is 3. The van der Waals surface area contributed by atoms with Gasteiger partial charge in [0, 0.05) is 18.5 Å². The molecule has 0 radical (unpaired) electrons. The van der Waals surface area contributed by atoms with Crippen LogP contribution in [0.25, 0.3) is 11.3 Å². The monoisotopic (exact) mass is 426 g/mol. The number of nitrogens with zero attached hydrogens (tertiary/aromatic N) is 2. The third-order valence-electron chi connectivity index (χ3n) is 4.32. The number of aryl methyl sites for hydroxylation is 1. The summed E-state index contributed by atoms with van der Waals surface area (Å²) in [5.41, 5.74) is 14.2. The van der Waals surface area contributed by atoms with E-state index in [9.17, 15) is 9.18 Å². The molecule has 1 amide bonds. The van der Waals surface area contributed by atoms with Crippen LogP contribution in [0.3, 0.4) is 0 Å². The molecular weight excluding hydrogens is 410 g/mol. The quantitative estimate of drug-likeness (QED) is 0.624. The smallest absolute Gasteiger partial charge is 0.259 e. The van der Waals surface area contributed by atoms with Gasteiger partial charge in [-0.25, -0.2) is 4.39 Å². The first kappa shape index (κ1) is 19.8. The summed E-state index contributed by atoms with van der Waals surface area (Å²) in [6, 6.07) is 6.25. The van der Waals surface area contributed by atoms with Crippen LogP contribution < -0.4 is 11.5 Å². The van der Waals surface area contributed by atoms with Crippen molar-refractivity contribution in [1.29, 1.82) is 0 Å². The molecule has 1 atom stereocenters. The highest BCUT2D eigenvalue weighted by Gasteiger charge is 2.30. The van der Waals surface area contributed by atoms with Gasteiger partial charge >= 0.3 is 0 Å². The summed E-state index contributed by atoms with van der Waals surface area (Å²) in [6.45, 7) is 0.215. The Morgan fingerprint density at radius 2 is 2.15 bits per heavy atom. The van der Waals surface area contributed by atoms with E-state index in [0.717, 1.165) is 16.9 Å². The number of aromatic nitrogens is 2. The van der Waals surface area contributed by atoms with Gasteiger partial charge in [-0.2, -0.15) is 5.10 Å². The molecule has 27 heavy (non-hydrogen) atoms. The van der Waals surface area contributed by atoms with E-state index in [1.165, 1.54) is 18.3 Å². The van der Waals surface area contributed by atoms with E-state index in [4.69, 9.17) is 34.7 Å². The van der Waals surface area contributed by atoms with E-state index < -0.39 is 5.91 Å².